The Labute approximate surface area is 234 Å². The van der Waals surface area contributed by atoms with Gasteiger partial charge in [-0.1, -0.05) is 56.3 Å². The molecule has 3 aromatic rings. The number of amides is 2. The van der Waals surface area contributed by atoms with Gasteiger partial charge in [0.1, 0.15) is 36.3 Å². The first kappa shape index (κ1) is 28.0. The van der Waals surface area contributed by atoms with Gasteiger partial charge >= 0.3 is 0 Å². The fraction of sp³-hybridized carbons (Fsp3) is 0.300. The molecule has 2 aliphatic rings. The maximum atomic E-state index is 14.2. The van der Waals surface area contributed by atoms with Gasteiger partial charge in [0.15, 0.2) is 11.4 Å². The minimum absolute atomic E-state index is 0.0226. The maximum absolute atomic E-state index is 14.2. The van der Waals surface area contributed by atoms with Crippen molar-refractivity contribution in [3.63, 3.8) is 0 Å². The lowest BCUT2D eigenvalue weighted by Crippen LogP contribution is -2.59. The summed E-state index contributed by atoms with van der Waals surface area (Å²) in [6.45, 7) is 5.42. The van der Waals surface area contributed by atoms with Crippen molar-refractivity contribution < 1.29 is 27.5 Å². The third-order valence-electron chi connectivity index (χ3n) is 7.29. The van der Waals surface area contributed by atoms with Crippen LogP contribution in [0.3, 0.4) is 0 Å². The van der Waals surface area contributed by atoms with Gasteiger partial charge in [0, 0.05) is 36.5 Å². The van der Waals surface area contributed by atoms with E-state index in [4.69, 9.17) is 4.74 Å². The highest BCUT2D eigenvalue weighted by Gasteiger charge is 2.40. The van der Waals surface area contributed by atoms with Gasteiger partial charge in [-0.3, -0.25) is 24.1 Å². The zero-order valence-corrected chi connectivity index (χ0v) is 22.7. The molecular formula is C30H29F3N4O4. The minimum Gasteiger partial charge on any atom is -0.482 e. The molecule has 0 aliphatic carbocycles. The quantitative estimate of drug-likeness (QED) is 0.436. The van der Waals surface area contributed by atoms with Crippen LogP contribution in [0.2, 0.25) is 0 Å². The molecule has 0 radical (unpaired) electrons. The van der Waals surface area contributed by atoms with E-state index in [1.807, 2.05) is 44.0 Å². The molecule has 0 saturated carbocycles. The molecule has 41 heavy (non-hydrogen) atoms. The summed E-state index contributed by atoms with van der Waals surface area (Å²) in [6.07, 6.45) is 5.17. The normalized spacial score (nSPS) is 17.9. The van der Waals surface area contributed by atoms with E-state index in [1.165, 1.54) is 10.9 Å². The predicted molar refractivity (Wildman–Crippen MR) is 145 cm³/mol. The van der Waals surface area contributed by atoms with Crippen LogP contribution in [-0.2, 0) is 13.2 Å². The summed E-state index contributed by atoms with van der Waals surface area (Å²) in [6, 6.07) is 9.57. The first-order valence-corrected chi connectivity index (χ1v) is 13.2. The lowest BCUT2D eigenvalue weighted by molar-refractivity contribution is 0.0643. The maximum Gasteiger partial charge on any atom is 0.278 e. The van der Waals surface area contributed by atoms with E-state index in [2.05, 4.69) is 5.32 Å². The molecule has 0 spiro atoms. The van der Waals surface area contributed by atoms with E-state index in [9.17, 15) is 27.6 Å². The molecule has 1 aromatic heterocycles. The largest absolute Gasteiger partial charge is 0.482 e. The van der Waals surface area contributed by atoms with Gasteiger partial charge in [-0.2, -0.15) is 0 Å². The summed E-state index contributed by atoms with van der Waals surface area (Å²) < 4.78 is 49.2. The summed E-state index contributed by atoms with van der Waals surface area (Å²) in [5, 5.41) is 4.21. The molecule has 11 heteroatoms. The third kappa shape index (κ3) is 5.31. The Balaban J connectivity index is 1.60. The van der Waals surface area contributed by atoms with Gasteiger partial charge in [0.25, 0.3) is 11.8 Å². The molecule has 5 rings (SSSR count). The first-order chi connectivity index (χ1) is 19.6. The molecule has 2 aromatic carbocycles. The molecular weight excluding hydrogens is 537 g/mol. The topological polar surface area (TPSA) is 83.9 Å². The van der Waals surface area contributed by atoms with Crippen molar-refractivity contribution in [2.75, 3.05) is 11.7 Å². The number of nitrogens with one attached hydrogen (secondary N) is 1. The van der Waals surface area contributed by atoms with Crippen LogP contribution in [-0.4, -0.2) is 40.1 Å². The van der Waals surface area contributed by atoms with Crippen LogP contribution < -0.4 is 20.5 Å². The van der Waals surface area contributed by atoms with Gasteiger partial charge in [-0.25, -0.2) is 13.2 Å². The van der Waals surface area contributed by atoms with Crippen LogP contribution in [0.15, 0.2) is 65.6 Å². The van der Waals surface area contributed by atoms with E-state index in [1.54, 1.807) is 29.2 Å². The molecule has 8 nitrogen and oxygen atoms in total. The Hall–Kier alpha value is -4.54. The Kier molecular flexibility index (Phi) is 7.61. The monoisotopic (exact) mass is 566 g/mol. The Morgan fingerprint density at radius 1 is 1.07 bits per heavy atom. The van der Waals surface area contributed by atoms with E-state index < -0.39 is 46.8 Å². The standard InChI is InChI=1S/C30H29F3N4O4/c1-17(2)25-10-9-18(3)35-16-37(25)36-14-22(29(39)34-13-21-23(32)11-20(31)12-24(21)33)27(38)28(26(36)30(35)40)41-15-19-7-5-4-6-8-19/h4-12,14,17-18,25H,13,15-16H2,1-3H3,(H,34,39)/t18-,25-/m0/s1. The van der Waals surface area contributed by atoms with Crippen molar-refractivity contribution >= 4 is 11.8 Å². The Morgan fingerprint density at radius 2 is 1.76 bits per heavy atom. The summed E-state index contributed by atoms with van der Waals surface area (Å²) in [5.41, 5.74) is -1.08. The predicted octanol–water partition coefficient (Wildman–Crippen LogP) is 4.11. The fourth-order valence-electron chi connectivity index (χ4n) is 5.03. The summed E-state index contributed by atoms with van der Waals surface area (Å²) >= 11 is 0. The second-order valence-electron chi connectivity index (χ2n) is 10.4. The number of carbonyl (C=O) groups is 2. The van der Waals surface area contributed by atoms with Gasteiger partial charge < -0.3 is 15.0 Å². The Bertz CT molecular complexity index is 1570. The number of benzene rings is 2. The van der Waals surface area contributed by atoms with E-state index in [-0.39, 0.29) is 48.3 Å². The average Bonchev–Trinajstić information content (AvgIpc) is 3.08. The van der Waals surface area contributed by atoms with Gasteiger partial charge in [-0.05, 0) is 18.4 Å². The van der Waals surface area contributed by atoms with Crippen LogP contribution in [0, 0.1) is 23.4 Å². The molecule has 2 bridgehead atoms. The lowest BCUT2D eigenvalue weighted by Gasteiger charge is -2.43. The number of nitrogens with zero attached hydrogens (tertiary/aromatic N) is 3. The van der Waals surface area contributed by atoms with Crippen LogP contribution in [0.4, 0.5) is 13.2 Å². The molecule has 214 valence electrons. The van der Waals surface area contributed by atoms with Gasteiger partial charge in [-0.15, -0.1) is 0 Å². The smallest absolute Gasteiger partial charge is 0.278 e. The summed E-state index contributed by atoms with van der Waals surface area (Å²) in [5.74, 6) is -5.03. The summed E-state index contributed by atoms with van der Waals surface area (Å²) in [7, 11) is 0. The highest BCUT2D eigenvalue weighted by atomic mass is 19.1. The highest BCUT2D eigenvalue weighted by molar-refractivity contribution is 5.99. The number of aromatic nitrogens is 1. The van der Waals surface area contributed by atoms with Crippen molar-refractivity contribution in [1.82, 2.24) is 14.9 Å². The fourth-order valence-corrected chi connectivity index (χ4v) is 5.03. The molecule has 2 atom stereocenters. The molecule has 2 amide bonds. The number of pyridine rings is 1. The molecule has 0 fully saturated rings. The number of ether oxygens (including phenoxy) is 1. The first-order valence-electron chi connectivity index (χ1n) is 13.2. The van der Waals surface area contributed by atoms with E-state index in [0.29, 0.717) is 12.1 Å². The van der Waals surface area contributed by atoms with Crippen molar-refractivity contribution in [2.45, 2.75) is 46.0 Å². The third-order valence-corrected chi connectivity index (χ3v) is 7.29. The zero-order valence-electron chi connectivity index (χ0n) is 22.7. The molecule has 1 N–H and O–H groups in total. The van der Waals surface area contributed by atoms with Crippen LogP contribution in [0.5, 0.6) is 5.75 Å². The summed E-state index contributed by atoms with van der Waals surface area (Å²) in [4.78, 5) is 42.4. The Morgan fingerprint density at radius 3 is 2.41 bits per heavy atom. The number of hydrogen-bond donors (Lipinski definition) is 1. The van der Waals surface area contributed by atoms with Crippen molar-refractivity contribution in [1.29, 1.82) is 0 Å². The SMILES string of the molecule is CC(C)[C@@H]1C=C[C@H](C)N2CN1n1cc(C(=O)NCc3c(F)cc(F)cc3F)c(=O)c(OCc3ccccc3)c1C2=O. The van der Waals surface area contributed by atoms with Crippen molar-refractivity contribution in [2.24, 2.45) is 5.92 Å². The van der Waals surface area contributed by atoms with Gasteiger partial charge in [0.05, 0.1) is 6.04 Å². The number of carbonyl (C=O) groups excluding carboxylic acids is 2. The van der Waals surface area contributed by atoms with Crippen LogP contribution in [0.25, 0.3) is 0 Å². The second kappa shape index (κ2) is 11.1. The lowest BCUT2D eigenvalue weighted by atomic mass is 10.0. The van der Waals surface area contributed by atoms with E-state index >= 15 is 0 Å². The van der Waals surface area contributed by atoms with Crippen molar-refractivity contribution in [3.05, 3.63) is 111 Å². The zero-order chi connectivity index (χ0) is 29.4. The van der Waals surface area contributed by atoms with Crippen LogP contribution >= 0.6 is 0 Å². The highest BCUT2D eigenvalue weighted by Crippen LogP contribution is 2.29. The molecule has 3 heterocycles. The minimum atomic E-state index is -1.17. The number of hydrogen-bond acceptors (Lipinski definition) is 5. The molecule has 2 aliphatic heterocycles. The number of halogens is 3. The molecule has 0 unspecified atom stereocenters. The second-order valence-corrected chi connectivity index (χ2v) is 10.4. The number of fused-ring (bicyclic) bond motifs is 4. The van der Waals surface area contributed by atoms with Crippen molar-refractivity contribution in [3.8, 4) is 5.75 Å². The van der Waals surface area contributed by atoms with Gasteiger partial charge in [0.2, 0.25) is 5.43 Å². The van der Waals surface area contributed by atoms with Crippen LogP contribution in [0.1, 0.15) is 52.7 Å². The average molecular weight is 567 g/mol. The van der Waals surface area contributed by atoms with E-state index in [0.717, 1.165) is 5.56 Å². The molecule has 0 saturated heterocycles. The number of rotatable bonds is 7.